The molecule has 4 rings (SSSR count). The number of ketones is 1. The van der Waals surface area contributed by atoms with Crippen LogP contribution in [0.25, 0.3) is 22.9 Å². The van der Waals surface area contributed by atoms with E-state index in [-0.39, 0.29) is 23.6 Å². The molecule has 0 aliphatic carbocycles. The normalized spacial score (nSPS) is 11.1. The molecule has 0 atom stereocenters. The molecule has 8 heteroatoms. The maximum Gasteiger partial charge on any atom is 0.270 e. The first-order chi connectivity index (χ1) is 17.3. The van der Waals surface area contributed by atoms with Crippen molar-refractivity contribution in [1.29, 1.82) is 5.26 Å². The Balaban J connectivity index is 1.43. The molecule has 0 spiro atoms. The monoisotopic (exact) mass is 495 g/mol. The maximum absolute atomic E-state index is 12.3. The third kappa shape index (κ3) is 5.71. The largest absolute Gasteiger partial charge is 0.485 e. The third-order valence-electron chi connectivity index (χ3n) is 5.60. The number of carbonyl (C=O) groups is 1. The first-order valence-electron chi connectivity index (χ1n) is 11.0. The van der Waals surface area contributed by atoms with Crippen molar-refractivity contribution in [3.8, 4) is 23.1 Å². The van der Waals surface area contributed by atoms with Crippen molar-refractivity contribution in [2.75, 3.05) is 6.61 Å². The van der Waals surface area contributed by atoms with E-state index in [4.69, 9.17) is 4.74 Å². The molecule has 0 unspecified atom stereocenters. The maximum atomic E-state index is 12.3. The predicted molar refractivity (Wildman–Crippen MR) is 140 cm³/mol. The summed E-state index contributed by atoms with van der Waals surface area (Å²) in [6, 6.07) is 20.9. The molecule has 1 aromatic heterocycles. The lowest BCUT2D eigenvalue weighted by Crippen LogP contribution is -2.11. The minimum absolute atomic E-state index is 0.147. The molecule has 0 saturated heterocycles. The summed E-state index contributed by atoms with van der Waals surface area (Å²) in [5, 5.41) is 23.2. The molecule has 0 N–H and O–H groups in total. The second-order valence-electron chi connectivity index (χ2n) is 8.10. The number of aromatic nitrogens is 1. The minimum atomic E-state index is -0.546. The minimum Gasteiger partial charge on any atom is -0.485 e. The summed E-state index contributed by atoms with van der Waals surface area (Å²) >= 11 is 1.42. The van der Waals surface area contributed by atoms with Crippen molar-refractivity contribution in [3.63, 3.8) is 0 Å². The van der Waals surface area contributed by atoms with Crippen molar-refractivity contribution < 1.29 is 14.5 Å². The first kappa shape index (κ1) is 24.5. The van der Waals surface area contributed by atoms with E-state index in [1.165, 1.54) is 46.7 Å². The first-order valence-corrected chi connectivity index (χ1v) is 11.9. The topological polar surface area (TPSA) is 106 Å². The van der Waals surface area contributed by atoms with Crippen LogP contribution in [0.2, 0.25) is 0 Å². The van der Waals surface area contributed by atoms with Crippen LogP contribution >= 0.6 is 11.3 Å². The van der Waals surface area contributed by atoms with Gasteiger partial charge in [0.2, 0.25) is 0 Å². The van der Waals surface area contributed by atoms with Crippen molar-refractivity contribution >= 4 is 34.5 Å². The smallest absolute Gasteiger partial charge is 0.270 e. The molecule has 4 aromatic rings. The van der Waals surface area contributed by atoms with Crippen LogP contribution in [0.4, 0.5) is 5.69 Å². The van der Waals surface area contributed by atoms with Gasteiger partial charge < -0.3 is 4.74 Å². The molecule has 36 heavy (non-hydrogen) atoms. The zero-order valence-electron chi connectivity index (χ0n) is 19.6. The Bertz CT molecular complexity index is 1510. The number of thiazole rings is 1. The second-order valence-corrected chi connectivity index (χ2v) is 8.95. The van der Waals surface area contributed by atoms with E-state index in [0.717, 1.165) is 16.8 Å². The number of Topliss-reactive ketones (excluding diaryl/α,β-unsaturated/α-hetero) is 1. The van der Waals surface area contributed by atoms with E-state index >= 15 is 0 Å². The lowest BCUT2D eigenvalue weighted by atomic mass is 10.1. The number of nitriles is 1. The van der Waals surface area contributed by atoms with Gasteiger partial charge in [0.05, 0.1) is 16.2 Å². The Morgan fingerprint density at radius 3 is 2.58 bits per heavy atom. The molecule has 0 amide bonds. The van der Waals surface area contributed by atoms with Gasteiger partial charge in [-0.05, 0) is 54.8 Å². The number of nitro groups is 1. The van der Waals surface area contributed by atoms with E-state index in [2.05, 4.69) is 37.0 Å². The third-order valence-corrected chi connectivity index (χ3v) is 6.47. The average molecular weight is 496 g/mol. The highest BCUT2D eigenvalue weighted by Gasteiger charge is 2.13. The summed E-state index contributed by atoms with van der Waals surface area (Å²) in [6.07, 6.45) is 1.75. The van der Waals surface area contributed by atoms with Crippen LogP contribution in [0.3, 0.4) is 0 Å². The number of hydrogen-bond donors (Lipinski definition) is 0. The SMILES string of the molecule is Cc1ccc(-c2csc(/C(C#N)=C/c3ccc(OCC(=O)c4cccc([N+](=O)[O-])c4)cc3)n2)cc1C. The Labute approximate surface area is 212 Å². The lowest BCUT2D eigenvalue weighted by Gasteiger charge is -2.06. The zero-order valence-corrected chi connectivity index (χ0v) is 20.4. The van der Waals surface area contributed by atoms with Gasteiger partial charge in [0.1, 0.15) is 16.8 Å². The molecule has 3 aromatic carbocycles. The lowest BCUT2D eigenvalue weighted by molar-refractivity contribution is -0.384. The van der Waals surface area contributed by atoms with E-state index in [9.17, 15) is 20.2 Å². The van der Waals surface area contributed by atoms with Gasteiger partial charge in [0.25, 0.3) is 5.69 Å². The zero-order chi connectivity index (χ0) is 25.7. The molecule has 178 valence electrons. The number of benzene rings is 3. The molecular weight excluding hydrogens is 474 g/mol. The number of aryl methyl sites for hydroxylation is 2. The highest BCUT2D eigenvalue weighted by atomic mass is 32.1. The van der Waals surface area contributed by atoms with Crippen molar-refractivity contribution in [3.05, 3.63) is 109 Å². The van der Waals surface area contributed by atoms with Gasteiger partial charge in [-0.2, -0.15) is 5.26 Å². The summed E-state index contributed by atoms with van der Waals surface area (Å²) in [7, 11) is 0. The van der Waals surface area contributed by atoms with Gasteiger partial charge in [0.15, 0.2) is 12.4 Å². The number of hydrogen-bond acceptors (Lipinski definition) is 7. The van der Waals surface area contributed by atoms with Gasteiger partial charge in [-0.25, -0.2) is 4.98 Å². The fourth-order valence-corrected chi connectivity index (χ4v) is 4.22. The summed E-state index contributed by atoms with van der Waals surface area (Å²) in [5.74, 6) is 0.105. The van der Waals surface area contributed by atoms with Gasteiger partial charge in [-0.15, -0.1) is 11.3 Å². The van der Waals surface area contributed by atoms with Crippen LogP contribution < -0.4 is 4.74 Å². The van der Waals surface area contributed by atoms with E-state index < -0.39 is 4.92 Å². The Hall–Kier alpha value is -4.61. The summed E-state index contributed by atoms with van der Waals surface area (Å²) in [6.45, 7) is 3.87. The van der Waals surface area contributed by atoms with Crippen molar-refractivity contribution in [2.24, 2.45) is 0 Å². The Morgan fingerprint density at radius 1 is 1.11 bits per heavy atom. The number of nitrogens with zero attached hydrogens (tertiary/aromatic N) is 3. The molecule has 0 bridgehead atoms. The Kier molecular flexibility index (Phi) is 7.33. The Morgan fingerprint density at radius 2 is 1.89 bits per heavy atom. The van der Waals surface area contributed by atoms with Crippen LogP contribution in [-0.2, 0) is 0 Å². The molecule has 0 fully saturated rings. The molecule has 0 aliphatic heterocycles. The van der Waals surface area contributed by atoms with Crippen LogP contribution in [0.15, 0.2) is 72.1 Å². The van der Waals surface area contributed by atoms with Gasteiger partial charge in [0, 0.05) is 28.6 Å². The highest BCUT2D eigenvalue weighted by Crippen LogP contribution is 2.28. The molecular formula is C28H21N3O4S. The number of carbonyl (C=O) groups excluding carboxylic acids is 1. The van der Waals surface area contributed by atoms with Crippen LogP contribution in [0.1, 0.15) is 32.1 Å². The van der Waals surface area contributed by atoms with Gasteiger partial charge >= 0.3 is 0 Å². The second kappa shape index (κ2) is 10.8. The number of ether oxygens (including phenoxy) is 1. The number of non-ortho nitro benzene ring substituents is 1. The van der Waals surface area contributed by atoms with E-state index in [1.807, 2.05) is 11.4 Å². The standard InChI is InChI=1S/C28H21N3O4S/c1-18-6-9-21(12-19(18)2)26-17-36-28(30-26)23(15-29)13-20-7-10-25(11-8-20)35-16-27(32)22-4-3-5-24(14-22)31(33)34/h3-14,17H,16H2,1-2H3/b23-13+. The molecule has 0 saturated carbocycles. The highest BCUT2D eigenvalue weighted by molar-refractivity contribution is 7.11. The van der Waals surface area contributed by atoms with E-state index in [0.29, 0.717) is 16.3 Å². The molecule has 1 heterocycles. The van der Waals surface area contributed by atoms with Crippen molar-refractivity contribution in [1.82, 2.24) is 4.98 Å². The fourth-order valence-electron chi connectivity index (χ4n) is 3.42. The van der Waals surface area contributed by atoms with Crippen LogP contribution in [-0.4, -0.2) is 22.3 Å². The van der Waals surface area contributed by atoms with Crippen molar-refractivity contribution in [2.45, 2.75) is 13.8 Å². The van der Waals surface area contributed by atoms with Gasteiger partial charge in [-0.3, -0.25) is 14.9 Å². The van der Waals surface area contributed by atoms with Gasteiger partial charge in [-0.1, -0.05) is 36.4 Å². The quantitative estimate of drug-likeness (QED) is 0.117. The molecule has 0 radical (unpaired) electrons. The van der Waals surface area contributed by atoms with E-state index in [1.54, 1.807) is 30.3 Å². The predicted octanol–water partition coefficient (Wildman–Crippen LogP) is 6.66. The molecule has 0 aliphatic rings. The molecule has 7 nitrogen and oxygen atoms in total. The van der Waals surface area contributed by atoms with Crippen LogP contribution in [0.5, 0.6) is 5.75 Å². The summed E-state index contributed by atoms with van der Waals surface area (Å²) < 4.78 is 5.55. The fraction of sp³-hybridized carbons (Fsp3) is 0.107. The summed E-state index contributed by atoms with van der Waals surface area (Å²) in [5.41, 5.74) is 5.55. The van der Waals surface area contributed by atoms with Crippen LogP contribution in [0, 0.1) is 35.3 Å². The number of nitro benzene ring substituents is 1. The number of rotatable bonds is 8. The summed E-state index contributed by atoms with van der Waals surface area (Å²) in [4.78, 5) is 27.3. The average Bonchev–Trinajstić information content (AvgIpc) is 3.38. The number of allylic oxidation sites excluding steroid dienone is 1.